The summed E-state index contributed by atoms with van der Waals surface area (Å²) in [6.07, 6.45) is 0. The standard InChI is InChI=1S/C7H7INO2/c1-9(11)7-4-2-6(8-10)3-5-7/h2-5H,1H3/q-1. The normalized spacial score (nSPS) is 9.64. The zero-order valence-corrected chi connectivity index (χ0v) is 8.11. The molecule has 0 amide bonds. The van der Waals surface area contributed by atoms with Gasteiger partial charge in [0.25, 0.3) is 0 Å². The fourth-order valence-corrected chi connectivity index (χ4v) is 1.36. The van der Waals surface area contributed by atoms with Crippen molar-refractivity contribution in [1.82, 2.24) is 0 Å². The lowest BCUT2D eigenvalue weighted by Crippen LogP contribution is -2.04. The van der Waals surface area contributed by atoms with Crippen LogP contribution in [0.4, 0.5) is 5.69 Å². The molecule has 0 fully saturated rings. The quantitative estimate of drug-likeness (QED) is 0.607. The van der Waals surface area contributed by atoms with Gasteiger partial charge in [-0.05, 0) is 31.3 Å². The molecule has 3 nitrogen and oxygen atoms in total. The van der Waals surface area contributed by atoms with Gasteiger partial charge >= 0.3 is 0 Å². The highest BCUT2D eigenvalue weighted by atomic mass is 127. The number of hydrogen-bond donors (Lipinski definition) is 0. The van der Waals surface area contributed by atoms with Gasteiger partial charge in [-0.2, -0.15) is 0 Å². The largest absolute Gasteiger partial charge is 0.758 e. The first-order valence-corrected chi connectivity index (χ1v) is 4.98. The summed E-state index contributed by atoms with van der Waals surface area (Å²) in [5.74, 6) is 0. The second-order valence-corrected chi connectivity index (χ2v) is 3.74. The van der Waals surface area contributed by atoms with Crippen molar-refractivity contribution in [3.05, 3.63) is 33.0 Å². The van der Waals surface area contributed by atoms with E-state index in [2.05, 4.69) is 0 Å². The fourth-order valence-electron chi connectivity index (χ4n) is 0.702. The first-order chi connectivity index (χ1) is 5.24. The third-order valence-electron chi connectivity index (χ3n) is 1.28. The number of nitrogens with zero attached hydrogens (tertiary/aromatic N) is 1. The Morgan fingerprint density at radius 1 is 1.36 bits per heavy atom. The number of rotatable bonds is 2. The smallest absolute Gasteiger partial charge is 0.182 e. The maximum Gasteiger partial charge on any atom is 0.182 e. The average Bonchev–Trinajstić information content (AvgIpc) is 2.05. The molecular formula is C7H7INO2-. The first-order valence-electron chi connectivity index (χ1n) is 3.02. The molecule has 0 bridgehead atoms. The van der Waals surface area contributed by atoms with Crippen LogP contribution in [0.2, 0.25) is 0 Å². The highest BCUT2D eigenvalue weighted by molar-refractivity contribution is 14.1. The SMILES string of the molecule is CN([O-])c1ccc(I=O)cc1. The molecule has 60 valence electrons. The van der Waals surface area contributed by atoms with Gasteiger partial charge < -0.3 is 10.3 Å². The van der Waals surface area contributed by atoms with E-state index in [1.54, 1.807) is 24.3 Å². The Kier molecular flexibility index (Phi) is 2.95. The van der Waals surface area contributed by atoms with Gasteiger partial charge in [-0.1, -0.05) is 0 Å². The van der Waals surface area contributed by atoms with E-state index in [4.69, 9.17) is 0 Å². The van der Waals surface area contributed by atoms with E-state index < -0.39 is 21.2 Å². The van der Waals surface area contributed by atoms with Gasteiger partial charge in [-0.3, -0.25) is 3.07 Å². The molecule has 0 aliphatic rings. The second kappa shape index (κ2) is 3.77. The zero-order valence-electron chi connectivity index (χ0n) is 5.95. The third-order valence-corrected chi connectivity index (χ3v) is 2.51. The molecule has 0 atom stereocenters. The Bertz CT molecular complexity index is 245. The van der Waals surface area contributed by atoms with Crippen molar-refractivity contribution >= 4 is 26.9 Å². The molecule has 1 aromatic rings. The summed E-state index contributed by atoms with van der Waals surface area (Å²) in [7, 11) is 1.43. The monoisotopic (exact) mass is 264 g/mol. The number of halogens is 1. The summed E-state index contributed by atoms with van der Waals surface area (Å²) < 4.78 is 11.2. The number of hydrogen-bond acceptors (Lipinski definition) is 3. The molecule has 0 aliphatic carbocycles. The highest BCUT2D eigenvalue weighted by Crippen LogP contribution is 2.15. The average molecular weight is 264 g/mol. The summed E-state index contributed by atoms with van der Waals surface area (Å²) in [4.78, 5) is 0. The molecular weight excluding hydrogens is 257 g/mol. The van der Waals surface area contributed by atoms with Crippen LogP contribution in [0.3, 0.4) is 0 Å². The molecule has 0 saturated carbocycles. The van der Waals surface area contributed by atoms with Gasteiger partial charge in [0.05, 0.1) is 0 Å². The Morgan fingerprint density at radius 3 is 2.27 bits per heavy atom. The van der Waals surface area contributed by atoms with Crippen LogP contribution in [0.1, 0.15) is 0 Å². The van der Waals surface area contributed by atoms with Crippen molar-refractivity contribution in [2.24, 2.45) is 0 Å². The van der Waals surface area contributed by atoms with Crippen LogP contribution in [0.5, 0.6) is 0 Å². The van der Waals surface area contributed by atoms with Gasteiger partial charge in [0.1, 0.15) is 0 Å². The number of anilines is 1. The summed E-state index contributed by atoms with van der Waals surface area (Å²) in [5, 5.41) is 11.5. The van der Waals surface area contributed by atoms with Crippen molar-refractivity contribution in [2.45, 2.75) is 0 Å². The zero-order chi connectivity index (χ0) is 8.27. The van der Waals surface area contributed by atoms with Crippen LogP contribution in [0, 0.1) is 8.78 Å². The van der Waals surface area contributed by atoms with E-state index >= 15 is 0 Å². The van der Waals surface area contributed by atoms with Crippen LogP contribution in [-0.2, 0) is 3.07 Å². The van der Waals surface area contributed by atoms with Gasteiger partial charge in [0.15, 0.2) is 21.2 Å². The third kappa shape index (κ3) is 2.23. The van der Waals surface area contributed by atoms with E-state index in [-0.39, 0.29) is 0 Å². The molecule has 0 radical (unpaired) electrons. The minimum absolute atomic E-state index is 0.589. The lowest BCUT2D eigenvalue weighted by atomic mass is 10.3. The summed E-state index contributed by atoms with van der Waals surface area (Å²) in [6, 6.07) is 6.76. The van der Waals surface area contributed by atoms with Gasteiger partial charge in [-0.15, -0.1) is 0 Å². The van der Waals surface area contributed by atoms with Crippen molar-refractivity contribution in [3.63, 3.8) is 0 Å². The molecule has 1 rings (SSSR count). The van der Waals surface area contributed by atoms with E-state index in [1.165, 1.54) is 7.05 Å². The van der Waals surface area contributed by atoms with E-state index in [0.717, 1.165) is 8.63 Å². The van der Waals surface area contributed by atoms with Crippen molar-refractivity contribution in [1.29, 1.82) is 0 Å². The van der Waals surface area contributed by atoms with Crippen molar-refractivity contribution < 1.29 is 3.07 Å². The van der Waals surface area contributed by atoms with Crippen LogP contribution < -0.4 is 5.06 Å². The van der Waals surface area contributed by atoms with E-state index in [9.17, 15) is 8.28 Å². The lowest BCUT2D eigenvalue weighted by Gasteiger charge is -2.24. The predicted molar refractivity (Wildman–Crippen MR) is 51.6 cm³/mol. The fraction of sp³-hybridized carbons (Fsp3) is 0.143. The maximum absolute atomic E-state index is 10.7. The summed E-state index contributed by atoms with van der Waals surface area (Å²) >= 11 is -1.09. The molecule has 1 aromatic carbocycles. The molecule has 11 heavy (non-hydrogen) atoms. The van der Waals surface area contributed by atoms with Crippen LogP contribution in [0.15, 0.2) is 24.3 Å². The molecule has 0 saturated heterocycles. The van der Waals surface area contributed by atoms with Crippen LogP contribution >= 0.6 is 21.2 Å². The summed E-state index contributed by atoms with van der Waals surface area (Å²) in [5.41, 5.74) is 0.589. The van der Waals surface area contributed by atoms with Crippen LogP contribution in [0.25, 0.3) is 0 Å². The summed E-state index contributed by atoms with van der Waals surface area (Å²) in [6.45, 7) is 0. The lowest BCUT2D eigenvalue weighted by molar-refractivity contribution is 0.648. The Labute approximate surface area is 75.2 Å². The second-order valence-electron chi connectivity index (χ2n) is 2.05. The number of benzene rings is 1. The minimum atomic E-state index is -1.09. The van der Waals surface area contributed by atoms with Gasteiger partial charge in [-0.25, -0.2) is 0 Å². The van der Waals surface area contributed by atoms with E-state index in [1.807, 2.05) is 0 Å². The topological polar surface area (TPSA) is 43.4 Å². The maximum atomic E-state index is 10.7. The molecule has 0 heterocycles. The highest BCUT2D eigenvalue weighted by Gasteiger charge is 1.91. The van der Waals surface area contributed by atoms with Crippen molar-refractivity contribution in [2.75, 3.05) is 12.1 Å². The minimum Gasteiger partial charge on any atom is -0.758 e. The Morgan fingerprint density at radius 2 is 1.91 bits per heavy atom. The van der Waals surface area contributed by atoms with Crippen molar-refractivity contribution in [3.8, 4) is 0 Å². The first kappa shape index (κ1) is 8.61. The molecule has 0 aliphatic heterocycles. The Balaban J connectivity index is 2.91. The molecule has 4 heteroatoms. The molecule has 0 unspecified atom stereocenters. The molecule has 0 aromatic heterocycles. The van der Waals surface area contributed by atoms with E-state index in [0.29, 0.717) is 5.69 Å². The van der Waals surface area contributed by atoms with Gasteiger partial charge in [0, 0.05) is 9.26 Å². The Hall–Kier alpha value is -0.490. The predicted octanol–water partition coefficient (Wildman–Crippen LogP) is 2.11. The molecule has 0 spiro atoms. The number of hydroxylamine groups is 1. The van der Waals surface area contributed by atoms with Gasteiger partial charge in [0.2, 0.25) is 0 Å². The molecule has 0 N–H and O–H groups in total. The van der Waals surface area contributed by atoms with Crippen LogP contribution in [-0.4, -0.2) is 7.05 Å².